The first-order chi connectivity index (χ1) is 5.63. The van der Waals surface area contributed by atoms with Crippen LogP contribution in [0, 0.1) is 11.8 Å². The van der Waals surface area contributed by atoms with E-state index in [-0.39, 0.29) is 23.5 Å². The Morgan fingerprint density at radius 3 is 2.00 bits per heavy atom. The second kappa shape index (κ2) is 3.70. The number of primary amides is 1. The van der Waals surface area contributed by atoms with Gasteiger partial charge in [-0.3, -0.25) is 9.59 Å². The highest BCUT2D eigenvalue weighted by Gasteiger charge is 2.31. The molecule has 1 amide bonds. The molecule has 0 radical (unpaired) electrons. The summed E-state index contributed by atoms with van der Waals surface area (Å²) in [5.74, 6) is -0.499. The maximum absolute atomic E-state index is 11.1. The largest absolute Gasteiger partial charge is 0.369 e. The Morgan fingerprint density at radius 1 is 1.17 bits per heavy atom. The molecular formula is C9H15NO2. The summed E-state index contributed by atoms with van der Waals surface area (Å²) in [5.41, 5.74) is 5.20. The zero-order chi connectivity index (χ0) is 9.14. The summed E-state index contributed by atoms with van der Waals surface area (Å²) in [6, 6.07) is 0. The van der Waals surface area contributed by atoms with Crippen molar-refractivity contribution >= 4 is 11.7 Å². The van der Waals surface area contributed by atoms with Gasteiger partial charge in [-0.25, -0.2) is 0 Å². The van der Waals surface area contributed by atoms with Crippen LogP contribution in [0.1, 0.15) is 32.6 Å². The monoisotopic (exact) mass is 169 g/mol. The molecule has 0 saturated heterocycles. The topological polar surface area (TPSA) is 60.2 Å². The predicted octanol–water partition coefficient (Wildman–Crippen LogP) is 0.867. The van der Waals surface area contributed by atoms with Crippen LogP contribution in [0.5, 0.6) is 0 Å². The van der Waals surface area contributed by atoms with E-state index in [1.54, 1.807) is 6.92 Å². The van der Waals surface area contributed by atoms with Gasteiger partial charge in [0.15, 0.2) is 0 Å². The predicted molar refractivity (Wildman–Crippen MR) is 45.3 cm³/mol. The van der Waals surface area contributed by atoms with Crippen LogP contribution in [0.2, 0.25) is 0 Å². The van der Waals surface area contributed by atoms with E-state index in [9.17, 15) is 9.59 Å². The van der Waals surface area contributed by atoms with Gasteiger partial charge in [-0.05, 0) is 19.8 Å². The zero-order valence-corrected chi connectivity index (χ0v) is 7.38. The first kappa shape index (κ1) is 9.23. The quantitative estimate of drug-likeness (QED) is 0.666. The van der Waals surface area contributed by atoms with E-state index in [2.05, 4.69) is 0 Å². The Hall–Kier alpha value is -0.860. The molecule has 0 aliphatic heterocycles. The molecule has 2 unspecified atom stereocenters. The second-order valence-corrected chi connectivity index (χ2v) is 3.51. The lowest BCUT2D eigenvalue weighted by Gasteiger charge is -2.26. The van der Waals surface area contributed by atoms with Crippen LogP contribution in [0.3, 0.4) is 0 Å². The van der Waals surface area contributed by atoms with Gasteiger partial charge in [0, 0.05) is 11.8 Å². The maximum atomic E-state index is 11.1. The maximum Gasteiger partial charge on any atom is 0.221 e. The Bertz CT molecular complexity index is 179. The number of hydrogen-bond acceptors (Lipinski definition) is 2. The van der Waals surface area contributed by atoms with Crippen molar-refractivity contribution in [3.05, 3.63) is 0 Å². The molecule has 0 aromatic rings. The van der Waals surface area contributed by atoms with Gasteiger partial charge in [-0.2, -0.15) is 0 Å². The summed E-state index contributed by atoms with van der Waals surface area (Å²) in [4.78, 5) is 22.0. The first-order valence-corrected chi connectivity index (χ1v) is 4.42. The fraction of sp³-hybridized carbons (Fsp3) is 0.778. The minimum atomic E-state index is -0.310. The minimum Gasteiger partial charge on any atom is -0.369 e. The first-order valence-electron chi connectivity index (χ1n) is 4.42. The number of hydrogen-bond donors (Lipinski definition) is 1. The average molecular weight is 169 g/mol. The molecule has 2 atom stereocenters. The van der Waals surface area contributed by atoms with Crippen molar-refractivity contribution in [3.8, 4) is 0 Å². The van der Waals surface area contributed by atoms with Crippen molar-refractivity contribution in [1.29, 1.82) is 0 Å². The minimum absolute atomic E-state index is 0.101. The van der Waals surface area contributed by atoms with Crippen LogP contribution in [-0.4, -0.2) is 11.7 Å². The van der Waals surface area contributed by atoms with Crippen LogP contribution in [0.25, 0.3) is 0 Å². The smallest absolute Gasteiger partial charge is 0.221 e. The molecule has 3 nitrogen and oxygen atoms in total. The van der Waals surface area contributed by atoms with Crippen LogP contribution in [0.4, 0.5) is 0 Å². The fourth-order valence-corrected chi connectivity index (χ4v) is 1.96. The average Bonchev–Trinajstić information content (AvgIpc) is 2.04. The van der Waals surface area contributed by atoms with Crippen molar-refractivity contribution in [2.24, 2.45) is 17.6 Å². The number of nitrogens with two attached hydrogens (primary N) is 1. The Balaban J connectivity index is 2.67. The van der Waals surface area contributed by atoms with Crippen molar-refractivity contribution in [2.45, 2.75) is 32.6 Å². The molecule has 1 aliphatic rings. The third kappa shape index (κ3) is 1.84. The van der Waals surface area contributed by atoms with E-state index < -0.39 is 0 Å². The van der Waals surface area contributed by atoms with Gasteiger partial charge in [0.25, 0.3) is 0 Å². The summed E-state index contributed by atoms with van der Waals surface area (Å²) in [5, 5.41) is 0. The van der Waals surface area contributed by atoms with E-state index in [4.69, 9.17) is 5.73 Å². The molecule has 0 heterocycles. The Morgan fingerprint density at radius 2 is 1.67 bits per heavy atom. The lowest BCUT2D eigenvalue weighted by atomic mass is 9.77. The van der Waals surface area contributed by atoms with Crippen molar-refractivity contribution < 1.29 is 9.59 Å². The van der Waals surface area contributed by atoms with Crippen molar-refractivity contribution in [3.63, 3.8) is 0 Å². The lowest BCUT2D eigenvalue weighted by Crippen LogP contribution is -2.35. The second-order valence-electron chi connectivity index (χ2n) is 3.51. The van der Waals surface area contributed by atoms with E-state index in [0.29, 0.717) is 0 Å². The normalized spacial score (nSPS) is 29.8. The third-order valence-electron chi connectivity index (χ3n) is 2.65. The van der Waals surface area contributed by atoms with Gasteiger partial charge in [-0.1, -0.05) is 12.8 Å². The molecule has 2 N–H and O–H groups in total. The summed E-state index contributed by atoms with van der Waals surface area (Å²) in [7, 11) is 0. The summed E-state index contributed by atoms with van der Waals surface area (Å²) in [6.07, 6.45) is 3.70. The number of carbonyl (C=O) groups excluding carboxylic acids is 2. The molecule has 1 saturated carbocycles. The number of Topliss-reactive ketones (excluding diaryl/α,β-unsaturated/α-hetero) is 1. The number of rotatable bonds is 2. The molecule has 3 heteroatoms. The molecule has 1 rings (SSSR count). The molecule has 1 aliphatic carbocycles. The van der Waals surface area contributed by atoms with Crippen LogP contribution < -0.4 is 5.73 Å². The molecule has 0 aromatic heterocycles. The van der Waals surface area contributed by atoms with Crippen molar-refractivity contribution in [2.75, 3.05) is 0 Å². The van der Waals surface area contributed by atoms with Crippen molar-refractivity contribution in [1.82, 2.24) is 0 Å². The van der Waals surface area contributed by atoms with E-state index in [1.165, 1.54) is 0 Å². The summed E-state index contributed by atoms with van der Waals surface area (Å²) < 4.78 is 0. The number of amides is 1. The summed E-state index contributed by atoms with van der Waals surface area (Å²) >= 11 is 0. The Kier molecular flexibility index (Phi) is 2.84. The van der Waals surface area contributed by atoms with Gasteiger partial charge in [0.2, 0.25) is 5.91 Å². The van der Waals surface area contributed by atoms with Gasteiger partial charge >= 0.3 is 0 Å². The molecular weight excluding hydrogens is 154 g/mol. The van der Waals surface area contributed by atoms with E-state index in [1.807, 2.05) is 0 Å². The van der Waals surface area contributed by atoms with Gasteiger partial charge < -0.3 is 5.73 Å². The summed E-state index contributed by atoms with van der Waals surface area (Å²) in [6.45, 7) is 1.55. The molecule has 0 aromatic carbocycles. The fourth-order valence-electron chi connectivity index (χ4n) is 1.96. The third-order valence-corrected chi connectivity index (χ3v) is 2.65. The highest BCUT2D eigenvalue weighted by Crippen LogP contribution is 2.30. The van der Waals surface area contributed by atoms with Crippen LogP contribution in [0.15, 0.2) is 0 Å². The zero-order valence-electron chi connectivity index (χ0n) is 7.38. The molecule has 1 fully saturated rings. The highest BCUT2D eigenvalue weighted by molar-refractivity contribution is 5.86. The number of ketones is 1. The van der Waals surface area contributed by atoms with E-state index >= 15 is 0 Å². The Labute approximate surface area is 72.3 Å². The van der Waals surface area contributed by atoms with Crippen LogP contribution in [-0.2, 0) is 9.59 Å². The molecule has 68 valence electrons. The van der Waals surface area contributed by atoms with Gasteiger partial charge in [0.05, 0.1) is 0 Å². The standard InChI is InChI=1S/C9H15NO2/c1-6(11)7-4-2-3-5-8(7)9(10)12/h7-8H,2-5H2,1H3,(H2,10,12). The van der Waals surface area contributed by atoms with Crippen LogP contribution >= 0.6 is 0 Å². The molecule has 0 bridgehead atoms. The SMILES string of the molecule is CC(=O)C1CCCCC1C(N)=O. The molecule has 0 spiro atoms. The lowest BCUT2D eigenvalue weighted by molar-refractivity contribution is -0.132. The van der Waals surface area contributed by atoms with E-state index in [0.717, 1.165) is 25.7 Å². The van der Waals surface area contributed by atoms with Gasteiger partial charge in [-0.15, -0.1) is 0 Å². The number of carbonyl (C=O) groups is 2. The molecule has 12 heavy (non-hydrogen) atoms. The highest BCUT2D eigenvalue weighted by atomic mass is 16.1. The van der Waals surface area contributed by atoms with Gasteiger partial charge in [0.1, 0.15) is 5.78 Å².